The van der Waals surface area contributed by atoms with Crippen molar-refractivity contribution in [3.05, 3.63) is 48.5 Å². The van der Waals surface area contributed by atoms with Crippen LogP contribution in [0, 0.1) is 6.07 Å². The molecule has 0 amide bonds. The topological polar surface area (TPSA) is 21.3 Å². The molecular formula is C16H18NO. The molecule has 0 aliphatic rings. The SMILES string of the molecule is CCCNc1[c]cccc1-c1cccc(OC)c1. The molecule has 2 heteroatoms. The van der Waals surface area contributed by atoms with Crippen LogP contribution in [0.5, 0.6) is 5.75 Å². The molecule has 2 rings (SSSR count). The molecule has 2 aromatic carbocycles. The van der Waals surface area contributed by atoms with E-state index in [1.165, 1.54) is 0 Å². The summed E-state index contributed by atoms with van der Waals surface area (Å²) in [6, 6.07) is 17.4. The van der Waals surface area contributed by atoms with Crippen LogP contribution in [0.2, 0.25) is 0 Å². The second kappa shape index (κ2) is 6.10. The average Bonchev–Trinajstić information content (AvgIpc) is 2.45. The van der Waals surface area contributed by atoms with Crippen LogP contribution in [0.4, 0.5) is 5.69 Å². The standard InChI is InChI=1S/C16H18NO/c1-3-11-17-16-10-5-4-9-15(16)13-7-6-8-14(12-13)18-2/h4-9,12,17H,3,11H2,1-2H3. The lowest BCUT2D eigenvalue weighted by Gasteiger charge is -2.11. The highest BCUT2D eigenvalue weighted by Gasteiger charge is 2.05. The zero-order valence-electron chi connectivity index (χ0n) is 10.9. The van der Waals surface area contributed by atoms with Gasteiger partial charge in [-0.3, -0.25) is 0 Å². The lowest BCUT2D eigenvalue weighted by atomic mass is 10.0. The fraction of sp³-hybridized carbons (Fsp3) is 0.250. The molecule has 93 valence electrons. The van der Waals surface area contributed by atoms with Crippen molar-refractivity contribution in [2.24, 2.45) is 0 Å². The molecule has 0 fully saturated rings. The van der Waals surface area contributed by atoms with Crippen LogP contribution in [-0.2, 0) is 0 Å². The molecule has 0 saturated heterocycles. The van der Waals surface area contributed by atoms with Crippen LogP contribution in [0.3, 0.4) is 0 Å². The van der Waals surface area contributed by atoms with E-state index in [0.29, 0.717) is 0 Å². The van der Waals surface area contributed by atoms with Crippen molar-refractivity contribution in [3.63, 3.8) is 0 Å². The number of benzene rings is 2. The third kappa shape index (κ3) is 2.83. The molecule has 0 saturated carbocycles. The van der Waals surface area contributed by atoms with Crippen LogP contribution < -0.4 is 10.1 Å². The van der Waals surface area contributed by atoms with E-state index in [4.69, 9.17) is 4.74 Å². The first-order valence-electron chi connectivity index (χ1n) is 6.24. The number of hydrogen-bond donors (Lipinski definition) is 1. The van der Waals surface area contributed by atoms with Crippen molar-refractivity contribution in [2.45, 2.75) is 13.3 Å². The molecule has 2 nitrogen and oxygen atoms in total. The molecule has 1 N–H and O–H groups in total. The maximum absolute atomic E-state index is 5.27. The summed E-state index contributed by atoms with van der Waals surface area (Å²) in [5, 5.41) is 3.40. The van der Waals surface area contributed by atoms with Crippen LogP contribution in [0.1, 0.15) is 13.3 Å². The predicted octanol–water partition coefficient (Wildman–Crippen LogP) is 3.98. The van der Waals surface area contributed by atoms with E-state index in [9.17, 15) is 0 Å². The summed E-state index contributed by atoms with van der Waals surface area (Å²) in [6.45, 7) is 3.11. The Hall–Kier alpha value is -1.96. The molecule has 0 spiro atoms. The van der Waals surface area contributed by atoms with E-state index in [1.807, 2.05) is 30.3 Å². The Labute approximate surface area is 109 Å². The minimum Gasteiger partial charge on any atom is -0.497 e. The van der Waals surface area contributed by atoms with Gasteiger partial charge < -0.3 is 10.1 Å². The summed E-state index contributed by atoms with van der Waals surface area (Å²) in [4.78, 5) is 0. The van der Waals surface area contributed by atoms with Gasteiger partial charge in [0.15, 0.2) is 0 Å². The van der Waals surface area contributed by atoms with E-state index in [-0.39, 0.29) is 0 Å². The Bertz CT molecular complexity index is 508. The molecule has 0 aliphatic heterocycles. The Kier molecular flexibility index (Phi) is 4.24. The van der Waals surface area contributed by atoms with Crippen LogP contribution >= 0.6 is 0 Å². The Morgan fingerprint density at radius 3 is 2.89 bits per heavy atom. The number of para-hydroxylation sites is 1. The normalized spacial score (nSPS) is 10.1. The van der Waals surface area contributed by atoms with Gasteiger partial charge in [-0.2, -0.15) is 0 Å². The lowest BCUT2D eigenvalue weighted by molar-refractivity contribution is 0.415. The molecule has 0 heterocycles. The van der Waals surface area contributed by atoms with Gasteiger partial charge in [0.2, 0.25) is 0 Å². The summed E-state index contributed by atoms with van der Waals surface area (Å²) in [6.07, 6.45) is 1.10. The number of nitrogens with one attached hydrogen (secondary N) is 1. The number of methoxy groups -OCH3 is 1. The van der Waals surface area contributed by atoms with Crippen molar-refractivity contribution in [1.82, 2.24) is 0 Å². The van der Waals surface area contributed by atoms with Crippen LogP contribution in [0.25, 0.3) is 11.1 Å². The van der Waals surface area contributed by atoms with Crippen LogP contribution in [0.15, 0.2) is 42.5 Å². The van der Waals surface area contributed by atoms with Crippen molar-refractivity contribution < 1.29 is 4.74 Å². The smallest absolute Gasteiger partial charge is 0.119 e. The van der Waals surface area contributed by atoms with E-state index < -0.39 is 0 Å². The zero-order chi connectivity index (χ0) is 12.8. The van der Waals surface area contributed by atoms with Crippen LogP contribution in [-0.4, -0.2) is 13.7 Å². The van der Waals surface area contributed by atoms with Crippen molar-refractivity contribution in [1.29, 1.82) is 0 Å². The van der Waals surface area contributed by atoms with Gasteiger partial charge in [-0.15, -0.1) is 0 Å². The minimum absolute atomic E-state index is 0.873. The highest BCUT2D eigenvalue weighted by Crippen LogP contribution is 2.29. The monoisotopic (exact) mass is 240 g/mol. The summed E-state index contributed by atoms with van der Waals surface area (Å²) in [5.41, 5.74) is 3.35. The van der Waals surface area contributed by atoms with Crippen molar-refractivity contribution in [2.75, 3.05) is 19.0 Å². The van der Waals surface area contributed by atoms with E-state index in [1.54, 1.807) is 7.11 Å². The summed E-state index contributed by atoms with van der Waals surface area (Å²) in [5.74, 6) is 0.873. The molecule has 0 aliphatic carbocycles. The molecule has 18 heavy (non-hydrogen) atoms. The summed E-state index contributed by atoms with van der Waals surface area (Å²) < 4.78 is 5.27. The fourth-order valence-corrected chi connectivity index (χ4v) is 1.86. The highest BCUT2D eigenvalue weighted by molar-refractivity contribution is 5.78. The van der Waals surface area contributed by atoms with Crippen molar-refractivity contribution >= 4 is 5.69 Å². The molecule has 1 radical (unpaired) electrons. The first-order chi connectivity index (χ1) is 8.85. The second-order valence-electron chi connectivity index (χ2n) is 4.12. The van der Waals surface area contributed by atoms with Gasteiger partial charge >= 0.3 is 0 Å². The van der Waals surface area contributed by atoms with Crippen molar-refractivity contribution in [3.8, 4) is 16.9 Å². The maximum Gasteiger partial charge on any atom is 0.119 e. The minimum atomic E-state index is 0.873. The zero-order valence-corrected chi connectivity index (χ0v) is 10.9. The van der Waals surface area contributed by atoms with Gasteiger partial charge in [0.1, 0.15) is 5.75 Å². The second-order valence-corrected chi connectivity index (χ2v) is 4.12. The van der Waals surface area contributed by atoms with Gasteiger partial charge in [0, 0.05) is 23.9 Å². The number of rotatable bonds is 5. The molecule has 0 atom stereocenters. The Balaban J connectivity index is 2.36. The molecule has 2 aromatic rings. The van der Waals surface area contributed by atoms with E-state index in [0.717, 1.165) is 35.5 Å². The molecule has 0 unspecified atom stereocenters. The van der Waals surface area contributed by atoms with Gasteiger partial charge in [0.25, 0.3) is 0 Å². The third-order valence-electron chi connectivity index (χ3n) is 2.79. The quantitative estimate of drug-likeness (QED) is 0.853. The Morgan fingerprint density at radius 1 is 1.22 bits per heavy atom. The molecule has 0 aromatic heterocycles. The van der Waals surface area contributed by atoms with Gasteiger partial charge in [0.05, 0.1) is 7.11 Å². The number of anilines is 1. The highest BCUT2D eigenvalue weighted by atomic mass is 16.5. The van der Waals surface area contributed by atoms with E-state index >= 15 is 0 Å². The summed E-state index contributed by atoms with van der Waals surface area (Å²) in [7, 11) is 1.69. The maximum atomic E-state index is 5.27. The fourth-order valence-electron chi connectivity index (χ4n) is 1.86. The first-order valence-corrected chi connectivity index (χ1v) is 6.24. The largest absolute Gasteiger partial charge is 0.497 e. The number of hydrogen-bond acceptors (Lipinski definition) is 2. The van der Waals surface area contributed by atoms with E-state index in [2.05, 4.69) is 30.4 Å². The summed E-state index contributed by atoms with van der Waals surface area (Å²) >= 11 is 0. The van der Waals surface area contributed by atoms with Gasteiger partial charge in [-0.1, -0.05) is 37.3 Å². The number of ether oxygens (including phenoxy) is 1. The lowest BCUT2D eigenvalue weighted by Crippen LogP contribution is -2.01. The molecular weight excluding hydrogens is 222 g/mol. The first kappa shape index (κ1) is 12.5. The molecule has 0 bridgehead atoms. The third-order valence-corrected chi connectivity index (χ3v) is 2.79. The Morgan fingerprint density at radius 2 is 2.11 bits per heavy atom. The van der Waals surface area contributed by atoms with Gasteiger partial charge in [-0.25, -0.2) is 0 Å². The average molecular weight is 240 g/mol. The predicted molar refractivity (Wildman–Crippen MR) is 76.0 cm³/mol. The van der Waals surface area contributed by atoms with Gasteiger partial charge in [-0.05, 0) is 24.1 Å².